The number of hydrogen-bond acceptors (Lipinski definition) is 4. The molecule has 6 nitrogen and oxygen atoms in total. The number of benzene rings is 2. The third kappa shape index (κ3) is 51.6. The molecule has 1 aliphatic heterocycles. The minimum atomic E-state index is -4.71. The van der Waals surface area contributed by atoms with Crippen molar-refractivity contribution < 1.29 is 22.7 Å². The molecule has 1 fully saturated rings. The number of halogens is 3. The van der Waals surface area contributed by atoms with Gasteiger partial charge in [0.1, 0.15) is 12.3 Å². The van der Waals surface area contributed by atoms with Gasteiger partial charge in [-0.15, -0.1) is 0 Å². The van der Waals surface area contributed by atoms with Gasteiger partial charge in [0.25, 0.3) is 5.91 Å². The lowest BCUT2D eigenvalue weighted by Crippen LogP contribution is -2.32. The summed E-state index contributed by atoms with van der Waals surface area (Å²) in [7, 11) is 1.52. The van der Waals surface area contributed by atoms with Gasteiger partial charge in [-0.3, -0.25) is 9.69 Å². The molecule has 1 amide bonds. The Labute approximate surface area is 680 Å². The maximum absolute atomic E-state index is 13.2. The summed E-state index contributed by atoms with van der Waals surface area (Å²) in [6.45, 7) is 8.48. The van der Waals surface area contributed by atoms with Crippen LogP contribution in [0.1, 0.15) is 12.5 Å². The quantitative estimate of drug-likeness (QED) is 0.244. The van der Waals surface area contributed by atoms with Crippen molar-refractivity contribution in [3.8, 4) is 521 Å². The largest absolute Gasteiger partial charge is 0.497 e. The first kappa shape index (κ1) is 89.5. The molecule has 10 heteroatoms. The van der Waals surface area contributed by atoms with E-state index >= 15 is 0 Å². The SMILES string of the molecule is CC#CC#CC#CC#CC#CC#CC#CC#CC#CC#CC#CC#CC#CC#CC#CC#CC#CC#CC#CC#CC#CC#CC#CC#CC#CC#CC#CC#CC#CC#CC#CC#CC#CC#CC#CC#CC#CC#CC#CC#CC#CC#CC#CC#N.[C-]#[N+]c1ccc(N2C(=O)CN(c3ccc(OC)cc3)C2=S)cc1C(F)(F)F. The standard InChI is InChI=1S/C88H3N.C18H12F3N3O2S/c1-2-3-4-5-6-7-8-9-10-11-12-13-14-15-16-17-18-19-20-21-22-23-24-25-26-27-28-29-30-31-32-33-34-35-36-37-38-39-40-41-42-43-44-45-46-47-48-49-50-51-52-53-54-55-56-57-58-59-60-61-62-63-64-65-66-67-68-69-70-71-72-73-74-75-76-77-78-79-80-81-82-83-84-85-86-87-88-89;1-22-15-8-5-12(9-14(15)18(19,20)21)24-16(25)10-23(17(24)27)11-3-6-13(26-2)7-4-11/h1H3;3-9H,10H2,2H3. The van der Waals surface area contributed by atoms with Crippen LogP contribution in [0.3, 0.4) is 0 Å². The molecule has 1 heterocycles. The Hall–Kier alpha value is -22.5. The van der Waals surface area contributed by atoms with Crippen molar-refractivity contribution in [3.05, 3.63) is 59.4 Å². The zero-order valence-electron chi connectivity index (χ0n) is 58.9. The third-order valence-electron chi connectivity index (χ3n) is 9.44. The smallest absolute Gasteiger partial charge is 0.407 e. The molecule has 0 atom stereocenters. The lowest BCUT2D eigenvalue weighted by Gasteiger charge is -2.21. The number of nitriles is 1. The van der Waals surface area contributed by atoms with Crippen LogP contribution in [0, 0.1) is 527 Å². The minimum Gasteiger partial charge on any atom is -0.497 e. The van der Waals surface area contributed by atoms with E-state index in [1.807, 2.05) is 0 Å². The summed E-state index contributed by atoms with van der Waals surface area (Å²) in [4.78, 5) is 17.9. The average molecular weight is 1470 g/mol. The summed E-state index contributed by atoms with van der Waals surface area (Å²) in [6.07, 6.45) is -4.71. The third-order valence-corrected chi connectivity index (χ3v) is 9.85. The second kappa shape index (κ2) is 67.0. The topological polar surface area (TPSA) is 60.9 Å². The van der Waals surface area contributed by atoms with E-state index in [4.69, 9.17) is 28.8 Å². The zero-order chi connectivity index (χ0) is 83.3. The molecule has 0 spiro atoms. The van der Waals surface area contributed by atoms with Gasteiger partial charge in [-0.2, -0.15) is 18.4 Å². The highest BCUT2D eigenvalue weighted by molar-refractivity contribution is 7.81. The lowest BCUT2D eigenvalue weighted by molar-refractivity contribution is -0.136. The predicted octanol–water partition coefficient (Wildman–Crippen LogP) is 5.08. The first-order chi connectivity index (χ1) is 57.2. The van der Waals surface area contributed by atoms with E-state index in [-0.39, 0.29) is 17.3 Å². The second-order valence-electron chi connectivity index (χ2n) is 16.6. The first-order valence-corrected chi connectivity index (χ1v) is 30.3. The van der Waals surface area contributed by atoms with Crippen LogP contribution in [0.15, 0.2) is 42.5 Å². The Kier molecular flexibility index (Phi) is 51.7. The lowest BCUT2D eigenvalue weighted by atomic mass is 10.1. The van der Waals surface area contributed by atoms with E-state index in [0.29, 0.717) is 11.4 Å². The summed E-state index contributed by atoms with van der Waals surface area (Å²) >= 11 is 5.32. The molecule has 116 heavy (non-hydrogen) atoms. The highest BCUT2D eigenvalue weighted by atomic mass is 32.1. The summed E-state index contributed by atoms with van der Waals surface area (Å²) in [5, 5.41) is 8.28. The summed E-state index contributed by atoms with van der Waals surface area (Å²) in [6, 6.07) is 11.5. The average Bonchev–Trinajstić information content (AvgIpc) is 1.63. The van der Waals surface area contributed by atoms with E-state index in [0.717, 1.165) is 17.0 Å². The van der Waals surface area contributed by atoms with Crippen molar-refractivity contribution >= 4 is 40.3 Å². The van der Waals surface area contributed by atoms with Crippen molar-refractivity contribution in [2.24, 2.45) is 0 Å². The molecule has 1 saturated heterocycles. The van der Waals surface area contributed by atoms with Crippen molar-refractivity contribution in [2.45, 2.75) is 13.1 Å². The molecule has 498 valence electrons. The Morgan fingerprint density at radius 2 is 0.517 bits per heavy atom. The zero-order valence-corrected chi connectivity index (χ0v) is 59.7. The van der Waals surface area contributed by atoms with Gasteiger partial charge in [0.2, 0.25) is 0 Å². The van der Waals surface area contributed by atoms with E-state index in [2.05, 4.69) is 514 Å². The second-order valence-corrected chi connectivity index (χ2v) is 17.0. The Morgan fingerprint density at radius 3 is 0.690 bits per heavy atom. The maximum atomic E-state index is 13.2. The van der Waals surface area contributed by atoms with Crippen LogP contribution in [-0.2, 0) is 11.0 Å². The van der Waals surface area contributed by atoms with Gasteiger partial charge < -0.3 is 9.64 Å². The number of amides is 1. The Balaban J connectivity index is 0.00000140. The van der Waals surface area contributed by atoms with E-state index in [9.17, 15) is 18.0 Å². The number of carbonyl (C=O) groups excluding carboxylic acids is 1. The Morgan fingerprint density at radius 1 is 0.328 bits per heavy atom. The molecular weight excluding hydrogens is 1450 g/mol. The molecular formula is C106H15F3N4O2S. The van der Waals surface area contributed by atoms with E-state index in [1.54, 1.807) is 37.3 Å². The highest BCUT2D eigenvalue weighted by Gasteiger charge is 2.38. The fourth-order valence-electron chi connectivity index (χ4n) is 5.39. The number of anilines is 2. The molecule has 0 aromatic heterocycles. The molecule has 2 aromatic rings. The number of hydrogen-bond donors (Lipinski definition) is 0. The van der Waals surface area contributed by atoms with Crippen LogP contribution >= 0.6 is 12.2 Å². The van der Waals surface area contributed by atoms with Gasteiger partial charge in [0.05, 0.1) is 19.2 Å². The summed E-state index contributed by atoms with van der Waals surface area (Å²) in [5.41, 5.74) is -1.05. The summed E-state index contributed by atoms with van der Waals surface area (Å²) < 4.78 is 44.7. The number of thiocarbonyl (C=S) groups is 1. The maximum Gasteiger partial charge on any atom is 0.407 e. The fraction of sp³-hybridized carbons (Fsp3) is 0.0377. The van der Waals surface area contributed by atoms with E-state index < -0.39 is 23.3 Å². The fourth-order valence-corrected chi connectivity index (χ4v) is 5.77. The normalized spacial score (nSPS) is 6.41. The van der Waals surface area contributed by atoms with Crippen molar-refractivity contribution in [1.29, 1.82) is 5.26 Å². The van der Waals surface area contributed by atoms with Crippen LogP contribution in [0.2, 0.25) is 0 Å². The molecule has 0 radical (unpaired) electrons. The van der Waals surface area contributed by atoms with Gasteiger partial charge in [-0.25, -0.2) is 4.85 Å². The van der Waals surface area contributed by atoms with Gasteiger partial charge in [0.15, 0.2) is 16.9 Å². The first-order valence-electron chi connectivity index (χ1n) is 29.9. The molecule has 3 rings (SSSR count). The number of ether oxygens (including phenoxy) is 1. The number of nitrogens with zero attached hydrogens (tertiary/aromatic N) is 4. The van der Waals surface area contributed by atoms with Crippen molar-refractivity contribution in [2.75, 3.05) is 23.5 Å². The van der Waals surface area contributed by atoms with E-state index in [1.165, 1.54) is 18.1 Å². The number of rotatable bonds is 3. The van der Waals surface area contributed by atoms with Crippen molar-refractivity contribution in [3.63, 3.8) is 0 Å². The number of carbonyl (C=O) groups is 1. The van der Waals surface area contributed by atoms with Crippen LogP contribution in [0.5, 0.6) is 5.75 Å². The molecule has 0 bridgehead atoms. The van der Waals surface area contributed by atoms with Gasteiger partial charge in [0, 0.05) is 467 Å². The highest BCUT2D eigenvalue weighted by Crippen LogP contribution is 2.40. The van der Waals surface area contributed by atoms with Crippen LogP contribution in [0.25, 0.3) is 4.85 Å². The van der Waals surface area contributed by atoms with Crippen molar-refractivity contribution in [1.82, 2.24) is 0 Å². The molecule has 1 aliphatic rings. The van der Waals surface area contributed by atoms with Crippen LogP contribution in [0.4, 0.5) is 30.2 Å². The van der Waals surface area contributed by atoms with Crippen LogP contribution in [-0.4, -0.2) is 24.7 Å². The monoisotopic (exact) mass is 1460 g/mol. The van der Waals surface area contributed by atoms with Gasteiger partial charge in [-0.1, -0.05) is 12.0 Å². The minimum absolute atomic E-state index is 0.0271. The molecule has 0 N–H and O–H groups in total. The number of alkyl halides is 3. The van der Waals surface area contributed by atoms with Crippen LogP contribution < -0.4 is 14.5 Å². The molecule has 2 aromatic carbocycles. The predicted molar refractivity (Wildman–Crippen MR) is 444 cm³/mol. The molecule has 0 unspecified atom stereocenters. The Bertz CT molecular complexity index is 7740. The van der Waals surface area contributed by atoms with Gasteiger partial charge in [-0.05, 0) is 103 Å². The van der Waals surface area contributed by atoms with Gasteiger partial charge >= 0.3 is 6.18 Å². The number of methoxy groups -OCH3 is 1. The summed E-state index contributed by atoms with van der Waals surface area (Å²) in [5.74, 6) is 214. The molecule has 0 saturated carbocycles. The molecule has 0 aliphatic carbocycles.